The summed E-state index contributed by atoms with van der Waals surface area (Å²) in [4.78, 5) is 15.8. The van der Waals surface area contributed by atoms with Crippen LogP contribution in [0.25, 0.3) is 0 Å². The Bertz CT molecular complexity index is 552. The van der Waals surface area contributed by atoms with Gasteiger partial charge in [-0.25, -0.2) is 5.10 Å². The summed E-state index contributed by atoms with van der Waals surface area (Å²) in [6, 6.07) is 8.10. The first-order valence-electron chi connectivity index (χ1n) is 5.66. The Hall–Kier alpha value is -1.69. The first-order chi connectivity index (χ1) is 8.74. The van der Waals surface area contributed by atoms with Crippen LogP contribution in [0.3, 0.4) is 0 Å². The topological polar surface area (TPSA) is 70.7 Å². The molecule has 2 atom stereocenters. The van der Waals surface area contributed by atoms with Gasteiger partial charge in [0.05, 0.1) is 0 Å². The van der Waals surface area contributed by atoms with Crippen molar-refractivity contribution in [1.82, 2.24) is 15.2 Å². The molecule has 0 bridgehead atoms. The lowest BCUT2D eigenvalue weighted by molar-refractivity contribution is -0.117. The van der Waals surface area contributed by atoms with Crippen molar-refractivity contribution in [3.8, 4) is 0 Å². The minimum Gasteiger partial charge on any atom is -0.295 e. The van der Waals surface area contributed by atoms with Crippen molar-refractivity contribution < 1.29 is 4.79 Å². The zero-order chi connectivity index (χ0) is 12.5. The van der Waals surface area contributed by atoms with E-state index in [1.54, 1.807) is 0 Å². The Labute approximate surface area is 112 Å². The Kier molecular flexibility index (Phi) is 2.87. The highest BCUT2D eigenvalue weighted by Gasteiger charge is 2.44. The monoisotopic (exact) mass is 306 g/mol. The number of anilines is 1. The van der Waals surface area contributed by atoms with Crippen LogP contribution in [0.2, 0.25) is 0 Å². The van der Waals surface area contributed by atoms with E-state index in [1.807, 2.05) is 12.1 Å². The molecule has 0 radical (unpaired) electrons. The highest BCUT2D eigenvalue weighted by atomic mass is 79.9. The fourth-order valence-electron chi connectivity index (χ4n) is 2.04. The van der Waals surface area contributed by atoms with Gasteiger partial charge in [0.2, 0.25) is 11.9 Å². The largest absolute Gasteiger partial charge is 0.295 e. The number of halogens is 1. The van der Waals surface area contributed by atoms with Crippen LogP contribution in [0.1, 0.15) is 17.9 Å². The average Bonchev–Trinajstić information content (AvgIpc) is 3.01. The number of nitrogens with one attached hydrogen (secondary N) is 2. The van der Waals surface area contributed by atoms with Crippen LogP contribution in [0.5, 0.6) is 0 Å². The van der Waals surface area contributed by atoms with E-state index in [0.717, 1.165) is 10.9 Å². The first kappa shape index (κ1) is 11.4. The van der Waals surface area contributed by atoms with Gasteiger partial charge in [0.25, 0.3) is 0 Å². The minimum absolute atomic E-state index is 0.000307. The van der Waals surface area contributed by atoms with Gasteiger partial charge >= 0.3 is 0 Å². The molecule has 5 nitrogen and oxygen atoms in total. The summed E-state index contributed by atoms with van der Waals surface area (Å²) in [5.74, 6) is 0.762. The van der Waals surface area contributed by atoms with Crippen LogP contribution in [0.4, 0.5) is 5.95 Å². The Morgan fingerprint density at radius 3 is 2.83 bits per heavy atom. The van der Waals surface area contributed by atoms with E-state index in [9.17, 15) is 4.79 Å². The van der Waals surface area contributed by atoms with E-state index < -0.39 is 0 Å². The molecule has 1 saturated carbocycles. The second-order valence-corrected chi connectivity index (χ2v) is 5.24. The van der Waals surface area contributed by atoms with E-state index >= 15 is 0 Å². The Morgan fingerprint density at radius 1 is 1.39 bits per heavy atom. The molecular weight excluding hydrogens is 296 g/mol. The standard InChI is InChI=1S/C12H11BrN4O/c13-8-3-1-7(2-4-8)9-5-10(9)11(18)16-12-14-6-15-17-12/h1-4,6,9-10H,5H2,(H2,14,15,16,17,18)/t9-,10-/m1/s1. The third-order valence-corrected chi connectivity index (χ3v) is 3.61. The molecule has 0 aliphatic heterocycles. The van der Waals surface area contributed by atoms with Gasteiger partial charge in [-0.3, -0.25) is 10.1 Å². The zero-order valence-electron chi connectivity index (χ0n) is 9.43. The van der Waals surface area contributed by atoms with Crippen molar-refractivity contribution >= 4 is 27.8 Å². The van der Waals surface area contributed by atoms with Crippen LogP contribution in [-0.2, 0) is 4.79 Å². The number of carbonyl (C=O) groups excluding carboxylic acids is 1. The maximum Gasteiger partial charge on any atom is 0.230 e. The van der Waals surface area contributed by atoms with Crippen LogP contribution >= 0.6 is 15.9 Å². The van der Waals surface area contributed by atoms with Gasteiger partial charge in [0.15, 0.2) is 0 Å². The summed E-state index contributed by atoms with van der Waals surface area (Å²) in [5, 5.41) is 9.02. The van der Waals surface area contributed by atoms with Crippen LogP contribution < -0.4 is 5.32 Å². The fourth-order valence-corrected chi connectivity index (χ4v) is 2.30. The van der Waals surface area contributed by atoms with Gasteiger partial charge in [0.1, 0.15) is 6.33 Å². The molecule has 0 saturated heterocycles. The third kappa shape index (κ3) is 2.28. The van der Waals surface area contributed by atoms with Crippen molar-refractivity contribution in [2.24, 2.45) is 5.92 Å². The summed E-state index contributed by atoms with van der Waals surface area (Å²) in [5.41, 5.74) is 1.20. The number of nitrogens with zero attached hydrogens (tertiary/aromatic N) is 2. The number of aromatic nitrogens is 3. The molecule has 2 N–H and O–H groups in total. The Morgan fingerprint density at radius 2 is 2.17 bits per heavy atom. The quantitative estimate of drug-likeness (QED) is 0.914. The lowest BCUT2D eigenvalue weighted by atomic mass is 10.1. The summed E-state index contributed by atoms with van der Waals surface area (Å²) in [7, 11) is 0. The molecule has 1 amide bonds. The lowest BCUT2D eigenvalue weighted by Gasteiger charge is -2.01. The number of hydrogen-bond donors (Lipinski definition) is 2. The Balaban J connectivity index is 1.63. The number of H-pyrrole nitrogens is 1. The van der Waals surface area contributed by atoms with Crippen LogP contribution in [-0.4, -0.2) is 21.1 Å². The number of benzene rings is 1. The van der Waals surface area contributed by atoms with E-state index in [1.165, 1.54) is 11.9 Å². The molecular formula is C12H11BrN4O. The molecule has 1 fully saturated rings. The van der Waals surface area contributed by atoms with Crippen molar-refractivity contribution in [3.05, 3.63) is 40.6 Å². The zero-order valence-corrected chi connectivity index (χ0v) is 11.0. The van der Waals surface area contributed by atoms with Gasteiger partial charge in [-0.05, 0) is 30.0 Å². The molecule has 3 rings (SSSR count). The van der Waals surface area contributed by atoms with E-state index in [2.05, 4.69) is 48.6 Å². The lowest BCUT2D eigenvalue weighted by Crippen LogP contribution is -2.15. The molecule has 1 aliphatic carbocycles. The minimum atomic E-state index is -0.000307. The molecule has 2 aromatic rings. The summed E-state index contributed by atoms with van der Waals surface area (Å²) in [6.45, 7) is 0. The molecule has 1 aromatic carbocycles. The van der Waals surface area contributed by atoms with E-state index in [0.29, 0.717) is 11.9 Å². The maximum absolute atomic E-state index is 11.9. The molecule has 92 valence electrons. The molecule has 1 heterocycles. The van der Waals surface area contributed by atoms with E-state index in [4.69, 9.17) is 0 Å². The van der Waals surface area contributed by atoms with Gasteiger partial charge in [-0.1, -0.05) is 28.1 Å². The van der Waals surface area contributed by atoms with Crippen molar-refractivity contribution in [1.29, 1.82) is 0 Å². The fraction of sp³-hybridized carbons (Fsp3) is 0.250. The van der Waals surface area contributed by atoms with Gasteiger partial charge in [-0.2, -0.15) is 10.1 Å². The van der Waals surface area contributed by atoms with Crippen LogP contribution in [0, 0.1) is 5.92 Å². The number of rotatable bonds is 3. The van der Waals surface area contributed by atoms with Gasteiger partial charge < -0.3 is 0 Å². The normalized spacial score (nSPS) is 21.6. The van der Waals surface area contributed by atoms with E-state index in [-0.39, 0.29) is 11.8 Å². The second-order valence-electron chi connectivity index (χ2n) is 4.32. The number of hydrogen-bond acceptors (Lipinski definition) is 3. The molecule has 1 aromatic heterocycles. The highest BCUT2D eigenvalue weighted by molar-refractivity contribution is 9.10. The third-order valence-electron chi connectivity index (χ3n) is 3.08. The molecule has 18 heavy (non-hydrogen) atoms. The summed E-state index contributed by atoms with van der Waals surface area (Å²) < 4.78 is 1.05. The maximum atomic E-state index is 11.9. The molecule has 0 unspecified atom stereocenters. The second kappa shape index (κ2) is 4.53. The van der Waals surface area contributed by atoms with Crippen molar-refractivity contribution in [3.63, 3.8) is 0 Å². The summed E-state index contributed by atoms with van der Waals surface area (Å²) in [6.07, 6.45) is 2.26. The number of amides is 1. The smallest absolute Gasteiger partial charge is 0.230 e. The molecule has 1 aliphatic rings. The van der Waals surface area contributed by atoms with Crippen LogP contribution in [0.15, 0.2) is 35.1 Å². The molecule has 6 heteroatoms. The molecule has 0 spiro atoms. The van der Waals surface area contributed by atoms with Crippen molar-refractivity contribution in [2.45, 2.75) is 12.3 Å². The predicted molar refractivity (Wildman–Crippen MR) is 70.0 cm³/mol. The SMILES string of the molecule is O=C(Nc1ncn[nH]1)[C@@H]1C[C@@H]1c1ccc(Br)cc1. The number of carbonyl (C=O) groups is 1. The summed E-state index contributed by atoms with van der Waals surface area (Å²) >= 11 is 3.40. The van der Waals surface area contributed by atoms with Gasteiger partial charge in [-0.15, -0.1) is 0 Å². The predicted octanol–water partition coefficient (Wildman–Crippen LogP) is 2.31. The number of aromatic amines is 1. The van der Waals surface area contributed by atoms with Gasteiger partial charge in [0, 0.05) is 10.4 Å². The van der Waals surface area contributed by atoms with Crippen molar-refractivity contribution in [2.75, 3.05) is 5.32 Å². The highest BCUT2D eigenvalue weighted by Crippen LogP contribution is 2.48. The average molecular weight is 307 g/mol. The first-order valence-corrected chi connectivity index (χ1v) is 6.45.